The van der Waals surface area contributed by atoms with Crippen molar-refractivity contribution in [2.45, 2.75) is 25.2 Å². The van der Waals surface area contributed by atoms with Gasteiger partial charge in [0.1, 0.15) is 6.04 Å². The van der Waals surface area contributed by atoms with Gasteiger partial charge in [0.2, 0.25) is 5.91 Å². The lowest BCUT2D eigenvalue weighted by atomic mass is 9.90. The third kappa shape index (κ3) is 3.72. The largest absolute Gasteiger partial charge is 0.480 e. The van der Waals surface area contributed by atoms with Crippen molar-refractivity contribution in [3.05, 3.63) is 71.8 Å². The van der Waals surface area contributed by atoms with Gasteiger partial charge in [-0.2, -0.15) is 13.2 Å². The highest BCUT2D eigenvalue weighted by Crippen LogP contribution is 2.32. The van der Waals surface area contributed by atoms with Gasteiger partial charge in [0.25, 0.3) is 0 Å². The van der Waals surface area contributed by atoms with Crippen molar-refractivity contribution in [3.63, 3.8) is 0 Å². The molecule has 0 saturated heterocycles. The van der Waals surface area contributed by atoms with Gasteiger partial charge in [-0.15, -0.1) is 0 Å². The zero-order valence-electron chi connectivity index (χ0n) is 14.2. The standard InChI is InChI=1S/C20H16F3NO3/c1-2-18(25)24-11-15-9-13(3-4-14(15)10-17(24)19(26)27)12-5-7-16(8-6-12)20(21,22)23/h2-9,17H,1,10-11H2,(H,26,27). The van der Waals surface area contributed by atoms with E-state index in [-0.39, 0.29) is 13.0 Å². The number of carboxylic acids is 1. The normalized spacial score (nSPS) is 16.6. The van der Waals surface area contributed by atoms with Gasteiger partial charge in [0.15, 0.2) is 0 Å². The van der Waals surface area contributed by atoms with Gasteiger partial charge < -0.3 is 10.0 Å². The number of amides is 1. The Balaban J connectivity index is 1.94. The van der Waals surface area contributed by atoms with E-state index in [2.05, 4.69) is 6.58 Å². The van der Waals surface area contributed by atoms with Gasteiger partial charge in [-0.1, -0.05) is 30.8 Å². The lowest BCUT2D eigenvalue weighted by Gasteiger charge is -2.34. The molecule has 1 atom stereocenters. The van der Waals surface area contributed by atoms with E-state index in [9.17, 15) is 27.9 Å². The van der Waals surface area contributed by atoms with Crippen molar-refractivity contribution >= 4 is 11.9 Å². The number of carbonyl (C=O) groups is 2. The number of nitrogens with zero attached hydrogens (tertiary/aromatic N) is 1. The number of hydrogen-bond donors (Lipinski definition) is 1. The summed E-state index contributed by atoms with van der Waals surface area (Å²) in [7, 11) is 0. The van der Waals surface area contributed by atoms with Crippen LogP contribution in [0.4, 0.5) is 13.2 Å². The lowest BCUT2D eigenvalue weighted by Crippen LogP contribution is -2.48. The number of alkyl halides is 3. The second kappa shape index (κ2) is 6.90. The molecule has 0 spiro atoms. The fraction of sp³-hybridized carbons (Fsp3) is 0.200. The van der Waals surface area contributed by atoms with E-state index in [1.54, 1.807) is 18.2 Å². The third-order valence-corrected chi connectivity index (χ3v) is 4.62. The van der Waals surface area contributed by atoms with Gasteiger partial charge >= 0.3 is 12.1 Å². The van der Waals surface area contributed by atoms with Crippen LogP contribution in [0.2, 0.25) is 0 Å². The van der Waals surface area contributed by atoms with Crippen LogP contribution in [0.25, 0.3) is 11.1 Å². The van der Waals surface area contributed by atoms with Crippen molar-refractivity contribution in [2.75, 3.05) is 0 Å². The topological polar surface area (TPSA) is 57.6 Å². The Labute approximate surface area is 153 Å². The third-order valence-electron chi connectivity index (χ3n) is 4.62. The van der Waals surface area contributed by atoms with Crippen molar-refractivity contribution in [1.29, 1.82) is 0 Å². The van der Waals surface area contributed by atoms with Gasteiger partial charge in [-0.05, 0) is 46.5 Å². The lowest BCUT2D eigenvalue weighted by molar-refractivity contribution is -0.149. The Morgan fingerprint density at radius 2 is 1.70 bits per heavy atom. The average Bonchev–Trinajstić information content (AvgIpc) is 2.65. The zero-order valence-corrected chi connectivity index (χ0v) is 14.2. The van der Waals surface area contributed by atoms with E-state index < -0.39 is 29.7 Å². The van der Waals surface area contributed by atoms with Crippen LogP contribution in [0, 0.1) is 0 Å². The molecule has 27 heavy (non-hydrogen) atoms. The second-order valence-electron chi connectivity index (χ2n) is 6.29. The Bertz CT molecular complexity index is 904. The highest BCUT2D eigenvalue weighted by atomic mass is 19.4. The van der Waals surface area contributed by atoms with Crippen LogP contribution >= 0.6 is 0 Å². The van der Waals surface area contributed by atoms with E-state index in [1.165, 1.54) is 17.0 Å². The Kier molecular flexibility index (Phi) is 4.78. The number of aliphatic carboxylic acids is 1. The molecule has 0 saturated carbocycles. The summed E-state index contributed by atoms with van der Waals surface area (Å²) < 4.78 is 38.1. The molecular formula is C20H16F3NO3. The monoisotopic (exact) mass is 375 g/mol. The number of hydrogen-bond acceptors (Lipinski definition) is 2. The maximum atomic E-state index is 12.7. The van der Waals surface area contributed by atoms with E-state index >= 15 is 0 Å². The van der Waals surface area contributed by atoms with Crippen molar-refractivity contribution in [1.82, 2.24) is 4.90 Å². The number of halogens is 3. The molecule has 1 amide bonds. The summed E-state index contributed by atoms with van der Waals surface area (Å²) in [6.07, 6.45) is -3.16. The van der Waals surface area contributed by atoms with Crippen LogP contribution in [0.3, 0.4) is 0 Å². The summed E-state index contributed by atoms with van der Waals surface area (Å²) in [4.78, 5) is 24.7. The summed E-state index contributed by atoms with van der Waals surface area (Å²) >= 11 is 0. The highest BCUT2D eigenvalue weighted by Gasteiger charge is 2.34. The molecule has 2 aromatic carbocycles. The molecule has 2 aromatic rings. The van der Waals surface area contributed by atoms with Crippen molar-refractivity contribution in [3.8, 4) is 11.1 Å². The molecule has 1 heterocycles. The Morgan fingerprint density at radius 3 is 2.26 bits per heavy atom. The number of carboxylic acid groups (broad SMARTS) is 1. The molecular weight excluding hydrogens is 359 g/mol. The SMILES string of the molecule is C=CC(=O)N1Cc2cc(-c3ccc(C(F)(F)F)cc3)ccc2CC1C(=O)O. The molecule has 0 radical (unpaired) electrons. The first-order valence-corrected chi connectivity index (χ1v) is 8.16. The summed E-state index contributed by atoms with van der Waals surface area (Å²) in [5.41, 5.74) is 2.14. The molecule has 0 aliphatic carbocycles. The minimum absolute atomic E-state index is 0.103. The van der Waals surface area contributed by atoms with E-state index in [4.69, 9.17) is 0 Å². The molecule has 1 unspecified atom stereocenters. The molecule has 3 rings (SSSR count). The maximum absolute atomic E-state index is 12.7. The maximum Gasteiger partial charge on any atom is 0.416 e. The highest BCUT2D eigenvalue weighted by molar-refractivity contribution is 5.91. The Hall–Kier alpha value is -3.09. The fourth-order valence-corrected chi connectivity index (χ4v) is 3.19. The van der Waals surface area contributed by atoms with Crippen molar-refractivity contribution < 1.29 is 27.9 Å². The summed E-state index contributed by atoms with van der Waals surface area (Å²) in [6, 6.07) is 9.12. The van der Waals surface area contributed by atoms with Crippen LogP contribution in [-0.2, 0) is 28.7 Å². The van der Waals surface area contributed by atoms with Gasteiger partial charge in [0.05, 0.1) is 5.56 Å². The molecule has 1 aliphatic rings. The summed E-state index contributed by atoms with van der Waals surface area (Å²) in [6.45, 7) is 3.51. The predicted octanol–water partition coefficient (Wildman–Crippen LogP) is 3.90. The molecule has 4 nitrogen and oxygen atoms in total. The molecule has 1 aliphatic heterocycles. The van der Waals surface area contributed by atoms with Gasteiger partial charge in [-0.25, -0.2) is 4.79 Å². The summed E-state index contributed by atoms with van der Waals surface area (Å²) in [5.74, 6) is -1.57. The zero-order chi connectivity index (χ0) is 19.8. The first-order valence-electron chi connectivity index (χ1n) is 8.16. The molecule has 0 bridgehead atoms. The molecule has 140 valence electrons. The number of rotatable bonds is 3. The smallest absolute Gasteiger partial charge is 0.416 e. The minimum Gasteiger partial charge on any atom is -0.480 e. The van der Waals surface area contributed by atoms with Gasteiger partial charge in [0, 0.05) is 13.0 Å². The average molecular weight is 375 g/mol. The second-order valence-corrected chi connectivity index (χ2v) is 6.29. The molecule has 1 N–H and O–H groups in total. The summed E-state index contributed by atoms with van der Waals surface area (Å²) in [5, 5.41) is 9.38. The van der Waals surface area contributed by atoms with Crippen LogP contribution < -0.4 is 0 Å². The van der Waals surface area contributed by atoms with E-state index in [1.807, 2.05) is 0 Å². The van der Waals surface area contributed by atoms with Gasteiger partial charge in [-0.3, -0.25) is 4.79 Å². The fourth-order valence-electron chi connectivity index (χ4n) is 3.19. The molecule has 7 heteroatoms. The van der Waals surface area contributed by atoms with Crippen LogP contribution in [0.15, 0.2) is 55.1 Å². The predicted molar refractivity (Wildman–Crippen MR) is 92.8 cm³/mol. The number of carbonyl (C=O) groups excluding carboxylic acids is 1. The van der Waals surface area contributed by atoms with Crippen LogP contribution in [0.5, 0.6) is 0 Å². The van der Waals surface area contributed by atoms with Crippen LogP contribution in [0.1, 0.15) is 16.7 Å². The van der Waals surface area contributed by atoms with E-state index in [0.29, 0.717) is 11.1 Å². The van der Waals surface area contributed by atoms with E-state index in [0.717, 1.165) is 29.3 Å². The Morgan fingerprint density at radius 1 is 1.07 bits per heavy atom. The quantitative estimate of drug-likeness (QED) is 0.828. The first kappa shape index (κ1) is 18.7. The number of benzene rings is 2. The first-order chi connectivity index (χ1) is 12.7. The molecule has 0 fully saturated rings. The van der Waals surface area contributed by atoms with Crippen LogP contribution in [-0.4, -0.2) is 27.9 Å². The van der Waals surface area contributed by atoms with Crippen molar-refractivity contribution in [2.24, 2.45) is 0 Å². The minimum atomic E-state index is -4.40. The molecule has 0 aromatic heterocycles. The number of fused-ring (bicyclic) bond motifs is 1.